The predicted molar refractivity (Wildman–Crippen MR) is 213 cm³/mol. The molecule has 10 nitrogen and oxygen atoms in total. The summed E-state index contributed by atoms with van der Waals surface area (Å²) in [6.45, 7) is 9.97. The maximum Gasteiger partial charge on any atom is 0.307 e. The molecule has 0 aliphatic carbocycles. The van der Waals surface area contributed by atoms with E-state index >= 15 is 0 Å². The third kappa shape index (κ3) is 8.58. The third-order valence-corrected chi connectivity index (χ3v) is 16.0. The van der Waals surface area contributed by atoms with E-state index in [4.69, 9.17) is 25.7 Å². The number of hydrogen-bond donors (Lipinski definition) is 3. The van der Waals surface area contributed by atoms with Crippen molar-refractivity contribution in [1.29, 1.82) is 0 Å². The number of carbonyl (C=O) groups excluding carboxylic acids is 3. The van der Waals surface area contributed by atoms with E-state index in [0.717, 1.165) is 51.4 Å². The maximum atomic E-state index is 14.2. The summed E-state index contributed by atoms with van der Waals surface area (Å²) in [7, 11) is -1.06. The van der Waals surface area contributed by atoms with E-state index in [1.807, 2.05) is 43.4 Å². The van der Waals surface area contributed by atoms with Crippen LogP contribution in [0.1, 0.15) is 65.0 Å². The minimum absolute atomic E-state index is 0.0144. The Balaban J connectivity index is 1.40. The SMILES string of the molecule is CCOC(=O)C[C@@H](NC(=O)c1cc2cc(Cl)ccc2[nH]1)[C@@H](CO[Si](c1ccccc1)(c1ccccc1)C(C)(C)C)NC(=O)c1nc2c(s1)CN(C)CC2. The Morgan fingerprint density at radius 3 is 2.26 bits per heavy atom. The second kappa shape index (κ2) is 16.4. The number of benzene rings is 3. The molecule has 0 fully saturated rings. The number of ether oxygens (including phenoxy) is 1. The Hall–Kier alpha value is -4.33. The highest BCUT2D eigenvalue weighted by molar-refractivity contribution is 7.13. The molecule has 3 aromatic carbocycles. The fourth-order valence-electron chi connectivity index (χ4n) is 7.05. The number of thiazole rings is 1. The van der Waals surface area contributed by atoms with Crippen LogP contribution in [0.3, 0.4) is 0 Å². The Morgan fingerprint density at radius 2 is 1.62 bits per heavy atom. The number of rotatable bonds is 13. The number of H-pyrrole nitrogens is 1. The smallest absolute Gasteiger partial charge is 0.307 e. The maximum absolute atomic E-state index is 14.2. The first-order chi connectivity index (χ1) is 25.4. The molecule has 6 rings (SSSR count). The van der Waals surface area contributed by atoms with Crippen molar-refractivity contribution < 1.29 is 23.5 Å². The highest BCUT2D eigenvalue weighted by Crippen LogP contribution is 2.37. The summed E-state index contributed by atoms with van der Waals surface area (Å²) in [5, 5.41) is 9.61. The molecule has 5 aromatic rings. The predicted octanol–water partition coefficient (Wildman–Crippen LogP) is 5.69. The van der Waals surface area contributed by atoms with Crippen LogP contribution in [-0.4, -0.2) is 79.9 Å². The standard InChI is InChI=1S/C40H46ClN5O5SSi/c1-6-50-36(47)23-32(43-37(48)33-22-26-21-27(41)17-18-30(26)42-33)34(44-38(49)39-45-31-19-20-46(5)24-35(31)52-39)25-51-53(40(2,3)4,28-13-9-7-10-14-28)29-15-11-8-12-16-29/h7-18,21-22,32,34,42H,6,19-20,23-25H2,1-5H3,(H,43,48)(H,44,49)/t32-,34-/m1/s1. The van der Waals surface area contributed by atoms with Gasteiger partial charge in [-0.05, 0) is 53.6 Å². The van der Waals surface area contributed by atoms with Gasteiger partial charge in [-0.3, -0.25) is 14.4 Å². The van der Waals surface area contributed by atoms with E-state index in [9.17, 15) is 14.4 Å². The molecule has 3 N–H and O–H groups in total. The largest absolute Gasteiger partial charge is 0.466 e. The van der Waals surface area contributed by atoms with Crippen LogP contribution in [0.25, 0.3) is 10.9 Å². The molecule has 278 valence electrons. The van der Waals surface area contributed by atoms with E-state index < -0.39 is 38.2 Å². The first kappa shape index (κ1) is 38.4. The number of nitrogens with one attached hydrogen (secondary N) is 3. The van der Waals surface area contributed by atoms with Crippen molar-refractivity contribution in [3.8, 4) is 0 Å². The fourth-order valence-corrected chi connectivity index (χ4v) is 12.9. The van der Waals surface area contributed by atoms with Gasteiger partial charge < -0.3 is 29.7 Å². The molecule has 1 aliphatic rings. The number of hydrogen-bond acceptors (Lipinski definition) is 8. The van der Waals surface area contributed by atoms with E-state index in [2.05, 4.69) is 65.6 Å². The number of likely N-dealkylation sites (N-methyl/N-ethyl adjacent to an activating group) is 1. The Labute approximate surface area is 320 Å². The van der Waals surface area contributed by atoms with Gasteiger partial charge in [0.1, 0.15) is 5.69 Å². The van der Waals surface area contributed by atoms with Gasteiger partial charge in [0.25, 0.3) is 20.1 Å². The van der Waals surface area contributed by atoms with E-state index in [0.29, 0.717) is 10.0 Å². The summed E-state index contributed by atoms with van der Waals surface area (Å²) >= 11 is 7.60. The second-order valence-electron chi connectivity index (χ2n) is 14.4. The summed E-state index contributed by atoms with van der Waals surface area (Å²) in [6, 6.07) is 25.6. The summed E-state index contributed by atoms with van der Waals surface area (Å²) in [5.74, 6) is -1.37. The fraction of sp³-hybridized carbons (Fsp3) is 0.350. The first-order valence-electron chi connectivity index (χ1n) is 17.9. The van der Waals surface area contributed by atoms with Gasteiger partial charge >= 0.3 is 5.97 Å². The van der Waals surface area contributed by atoms with Gasteiger partial charge in [-0.25, -0.2) is 4.98 Å². The number of amides is 2. The molecule has 0 radical (unpaired) electrons. The second-order valence-corrected chi connectivity index (χ2v) is 20.3. The highest BCUT2D eigenvalue weighted by Gasteiger charge is 2.51. The van der Waals surface area contributed by atoms with Crippen LogP contribution in [0.2, 0.25) is 10.1 Å². The lowest BCUT2D eigenvalue weighted by Crippen LogP contribution is -2.68. The van der Waals surface area contributed by atoms with Crippen molar-refractivity contribution >= 4 is 70.3 Å². The van der Waals surface area contributed by atoms with Crippen molar-refractivity contribution in [2.24, 2.45) is 0 Å². The Morgan fingerprint density at radius 1 is 0.962 bits per heavy atom. The lowest BCUT2D eigenvalue weighted by atomic mass is 10.0. The average molecular weight is 772 g/mol. The number of fused-ring (bicyclic) bond motifs is 2. The summed E-state index contributed by atoms with van der Waals surface area (Å²) < 4.78 is 12.7. The number of aromatic nitrogens is 2. The lowest BCUT2D eigenvalue weighted by Gasteiger charge is -2.44. The molecule has 0 unspecified atom stereocenters. The molecule has 53 heavy (non-hydrogen) atoms. The van der Waals surface area contributed by atoms with Gasteiger partial charge in [0.15, 0.2) is 5.01 Å². The summed E-state index contributed by atoms with van der Waals surface area (Å²) in [6.07, 6.45) is 0.549. The van der Waals surface area contributed by atoms with Crippen LogP contribution in [0.4, 0.5) is 0 Å². The van der Waals surface area contributed by atoms with E-state index in [-0.39, 0.29) is 30.4 Å². The molecule has 3 heterocycles. The van der Waals surface area contributed by atoms with Crippen molar-refractivity contribution in [1.82, 2.24) is 25.5 Å². The molecule has 0 bridgehead atoms. The van der Waals surface area contributed by atoms with Crippen molar-refractivity contribution in [2.45, 2.75) is 64.2 Å². The molecular formula is C40H46ClN5O5SSi. The number of aromatic amines is 1. The molecule has 0 saturated heterocycles. The zero-order valence-electron chi connectivity index (χ0n) is 30.7. The molecule has 2 atom stereocenters. The van der Waals surface area contributed by atoms with Gasteiger partial charge in [-0.1, -0.05) is 93.0 Å². The number of nitrogens with zero attached hydrogens (tertiary/aromatic N) is 2. The van der Waals surface area contributed by atoms with Crippen molar-refractivity contribution in [3.63, 3.8) is 0 Å². The summed E-state index contributed by atoms with van der Waals surface area (Å²) in [5.41, 5.74) is 1.94. The van der Waals surface area contributed by atoms with E-state index in [1.165, 1.54) is 11.3 Å². The minimum atomic E-state index is -3.11. The molecule has 2 aromatic heterocycles. The van der Waals surface area contributed by atoms with E-state index in [1.54, 1.807) is 31.2 Å². The quantitative estimate of drug-likeness (QED) is 0.104. The number of esters is 1. The number of carbonyl (C=O) groups is 3. The van der Waals surface area contributed by atoms with Crippen LogP contribution >= 0.6 is 22.9 Å². The molecular weight excluding hydrogens is 726 g/mol. The minimum Gasteiger partial charge on any atom is -0.466 e. The molecule has 13 heteroatoms. The average Bonchev–Trinajstić information content (AvgIpc) is 3.75. The molecule has 1 aliphatic heterocycles. The Kier molecular flexibility index (Phi) is 11.8. The van der Waals surface area contributed by atoms with Crippen LogP contribution in [0.15, 0.2) is 84.9 Å². The normalized spacial score (nSPS) is 14.7. The van der Waals surface area contributed by atoms with Crippen molar-refractivity contribution in [3.05, 3.63) is 111 Å². The molecule has 0 saturated carbocycles. The summed E-state index contributed by atoms with van der Waals surface area (Å²) in [4.78, 5) is 52.5. The van der Waals surface area contributed by atoms with Gasteiger partial charge in [0.2, 0.25) is 0 Å². The topological polar surface area (TPSA) is 126 Å². The lowest BCUT2D eigenvalue weighted by molar-refractivity contribution is -0.143. The van der Waals surface area contributed by atoms with Crippen LogP contribution < -0.4 is 21.0 Å². The zero-order valence-corrected chi connectivity index (χ0v) is 33.3. The first-order valence-corrected chi connectivity index (χ1v) is 21.0. The molecule has 0 spiro atoms. The third-order valence-electron chi connectivity index (χ3n) is 9.65. The zero-order chi connectivity index (χ0) is 37.8. The highest BCUT2D eigenvalue weighted by atomic mass is 35.5. The Bertz CT molecular complexity index is 2030. The van der Waals surface area contributed by atoms with Gasteiger partial charge in [0.05, 0.1) is 37.4 Å². The van der Waals surface area contributed by atoms with Crippen LogP contribution in [0, 0.1) is 0 Å². The number of halogens is 1. The monoisotopic (exact) mass is 771 g/mol. The molecule has 2 amide bonds. The van der Waals surface area contributed by atoms with Gasteiger partial charge in [-0.2, -0.15) is 0 Å². The van der Waals surface area contributed by atoms with Gasteiger partial charge in [-0.15, -0.1) is 11.3 Å². The van der Waals surface area contributed by atoms with Crippen molar-refractivity contribution in [2.75, 3.05) is 26.8 Å². The van der Waals surface area contributed by atoms with Crippen LogP contribution in [-0.2, 0) is 26.9 Å². The van der Waals surface area contributed by atoms with Crippen LogP contribution in [0.5, 0.6) is 0 Å². The van der Waals surface area contributed by atoms with Gasteiger partial charge in [0, 0.05) is 40.3 Å².